The van der Waals surface area contributed by atoms with Gasteiger partial charge in [0.05, 0.1) is 17.1 Å². The Hall–Kier alpha value is -2.95. The van der Waals surface area contributed by atoms with E-state index in [9.17, 15) is 13.2 Å². The van der Waals surface area contributed by atoms with Crippen molar-refractivity contribution in [2.75, 3.05) is 33.4 Å². The molecule has 0 spiro atoms. The van der Waals surface area contributed by atoms with Crippen molar-refractivity contribution >= 4 is 27.1 Å². The van der Waals surface area contributed by atoms with E-state index in [0.717, 1.165) is 43.4 Å². The molecule has 0 saturated carbocycles. The molecule has 206 valence electrons. The van der Waals surface area contributed by atoms with Crippen molar-refractivity contribution in [3.05, 3.63) is 46.4 Å². The van der Waals surface area contributed by atoms with E-state index in [1.807, 2.05) is 18.5 Å². The lowest BCUT2D eigenvalue weighted by molar-refractivity contribution is 0.158. The monoisotopic (exact) mass is 542 g/mol. The summed E-state index contributed by atoms with van der Waals surface area (Å²) in [7, 11) is -0.225. The zero-order chi connectivity index (χ0) is 27.4. The van der Waals surface area contributed by atoms with Crippen LogP contribution >= 0.6 is 0 Å². The predicted octanol–water partition coefficient (Wildman–Crippen LogP) is 4.36. The van der Waals surface area contributed by atoms with Crippen LogP contribution in [0.25, 0.3) is 28.5 Å². The summed E-state index contributed by atoms with van der Waals surface area (Å²) in [6.07, 6.45) is 5.90. The minimum Gasteiger partial charge on any atom is -0.493 e. The number of aromatic nitrogens is 3. The average molecular weight is 543 g/mol. The van der Waals surface area contributed by atoms with Crippen LogP contribution < -0.4 is 10.3 Å². The second-order valence-electron chi connectivity index (χ2n) is 9.71. The number of rotatable bonds is 11. The van der Waals surface area contributed by atoms with Gasteiger partial charge in [-0.25, -0.2) is 13.4 Å². The summed E-state index contributed by atoms with van der Waals surface area (Å²) in [4.78, 5) is 21.1. The summed E-state index contributed by atoms with van der Waals surface area (Å²) < 4.78 is 41.6. The molecule has 10 heteroatoms. The van der Waals surface area contributed by atoms with Crippen LogP contribution in [0.4, 0.5) is 0 Å². The number of sulfonamides is 1. The van der Waals surface area contributed by atoms with Crippen molar-refractivity contribution in [3.8, 4) is 17.1 Å². The Bertz CT molecular complexity index is 1470. The normalized spacial score (nSPS) is 15.3. The minimum absolute atomic E-state index is 0.155. The lowest BCUT2D eigenvalue weighted by Crippen LogP contribution is -2.38. The molecule has 1 fully saturated rings. The third-order valence-electron chi connectivity index (χ3n) is 7.33. The largest absolute Gasteiger partial charge is 0.493 e. The standard InChI is InChI=1S/C28H38N4O5S/c1-6-9-21-23(7-2)31(4)26-25(21)29-27(30-28(26)33)22-18-20(10-11-24(22)37-8-3)38(34,35)32-15-12-19(13-16-32)14-17-36-5/h7,10-11,18-19H,2,6,8-9,12-17H2,1,3-5H3,(H,29,30,33). The third kappa shape index (κ3) is 5.30. The second-order valence-corrected chi connectivity index (χ2v) is 11.6. The fourth-order valence-corrected chi connectivity index (χ4v) is 6.82. The summed E-state index contributed by atoms with van der Waals surface area (Å²) in [5.41, 5.74) is 3.00. The summed E-state index contributed by atoms with van der Waals surface area (Å²) in [6, 6.07) is 4.78. The highest BCUT2D eigenvalue weighted by Crippen LogP contribution is 2.34. The molecule has 1 saturated heterocycles. The van der Waals surface area contributed by atoms with Crippen molar-refractivity contribution in [2.24, 2.45) is 13.0 Å². The number of ether oxygens (including phenoxy) is 2. The van der Waals surface area contributed by atoms with E-state index in [1.165, 1.54) is 0 Å². The van der Waals surface area contributed by atoms with Crippen molar-refractivity contribution in [3.63, 3.8) is 0 Å². The van der Waals surface area contributed by atoms with Gasteiger partial charge in [0.2, 0.25) is 10.0 Å². The number of hydrogen-bond acceptors (Lipinski definition) is 6. The highest BCUT2D eigenvalue weighted by Gasteiger charge is 2.30. The Labute approximate surface area is 224 Å². The molecule has 3 heterocycles. The van der Waals surface area contributed by atoms with Gasteiger partial charge in [-0.2, -0.15) is 4.31 Å². The summed E-state index contributed by atoms with van der Waals surface area (Å²) >= 11 is 0. The number of aromatic amines is 1. The van der Waals surface area contributed by atoms with Gasteiger partial charge in [0, 0.05) is 45.1 Å². The smallest absolute Gasteiger partial charge is 0.275 e. The molecule has 1 aliphatic rings. The fourth-order valence-electron chi connectivity index (χ4n) is 5.32. The Morgan fingerprint density at radius 3 is 2.61 bits per heavy atom. The van der Waals surface area contributed by atoms with Crippen LogP contribution in [-0.4, -0.2) is 60.7 Å². The first-order valence-electron chi connectivity index (χ1n) is 13.3. The number of nitrogens with zero attached hydrogens (tertiary/aromatic N) is 3. The van der Waals surface area contributed by atoms with Crippen LogP contribution in [0.1, 0.15) is 50.8 Å². The number of aryl methyl sites for hydroxylation is 2. The molecule has 2 aromatic heterocycles. The molecule has 9 nitrogen and oxygen atoms in total. The van der Waals surface area contributed by atoms with Crippen LogP contribution in [0.3, 0.4) is 0 Å². The van der Waals surface area contributed by atoms with Crippen LogP contribution in [0.5, 0.6) is 5.75 Å². The molecule has 0 amide bonds. The Balaban J connectivity index is 1.78. The van der Waals surface area contributed by atoms with E-state index < -0.39 is 10.0 Å². The molecule has 0 unspecified atom stereocenters. The van der Waals surface area contributed by atoms with Crippen molar-refractivity contribution < 1.29 is 17.9 Å². The number of hydrogen-bond donors (Lipinski definition) is 1. The van der Waals surface area contributed by atoms with Gasteiger partial charge in [0.25, 0.3) is 5.56 Å². The van der Waals surface area contributed by atoms with Crippen LogP contribution in [0, 0.1) is 5.92 Å². The number of H-pyrrole nitrogens is 1. The van der Waals surface area contributed by atoms with Crippen molar-refractivity contribution in [2.45, 2.75) is 50.8 Å². The van der Waals surface area contributed by atoms with E-state index in [0.29, 0.717) is 54.6 Å². The molecular formula is C28H38N4O5S. The van der Waals surface area contributed by atoms with Gasteiger partial charge < -0.3 is 19.0 Å². The predicted molar refractivity (Wildman–Crippen MR) is 150 cm³/mol. The molecule has 1 aliphatic heterocycles. The van der Waals surface area contributed by atoms with Gasteiger partial charge in [0.15, 0.2) is 0 Å². The van der Waals surface area contributed by atoms with Gasteiger partial charge in [-0.3, -0.25) is 4.79 Å². The summed E-state index contributed by atoms with van der Waals surface area (Å²) in [6.45, 7) is 9.85. The molecule has 0 bridgehead atoms. The molecule has 0 atom stereocenters. The molecule has 38 heavy (non-hydrogen) atoms. The zero-order valence-corrected chi connectivity index (χ0v) is 23.6. The zero-order valence-electron chi connectivity index (χ0n) is 22.7. The molecule has 1 aromatic carbocycles. The van der Waals surface area contributed by atoms with E-state index in [1.54, 1.807) is 35.7 Å². The molecule has 0 aliphatic carbocycles. The van der Waals surface area contributed by atoms with E-state index >= 15 is 0 Å². The van der Waals surface area contributed by atoms with Gasteiger partial charge in [-0.15, -0.1) is 0 Å². The first-order valence-corrected chi connectivity index (χ1v) is 14.7. The molecule has 3 aromatic rings. The highest BCUT2D eigenvalue weighted by atomic mass is 32.2. The van der Waals surface area contributed by atoms with E-state index in [-0.39, 0.29) is 16.3 Å². The molecule has 0 radical (unpaired) electrons. The fraction of sp³-hybridized carbons (Fsp3) is 0.500. The molecule has 1 N–H and O–H groups in total. The lowest BCUT2D eigenvalue weighted by atomic mass is 9.95. The van der Waals surface area contributed by atoms with Crippen molar-refractivity contribution in [1.29, 1.82) is 0 Å². The number of benzene rings is 1. The number of nitrogens with one attached hydrogen (secondary N) is 1. The highest BCUT2D eigenvalue weighted by molar-refractivity contribution is 7.89. The summed E-state index contributed by atoms with van der Waals surface area (Å²) in [5.74, 6) is 1.20. The first kappa shape index (κ1) is 28.1. The van der Waals surface area contributed by atoms with Gasteiger partial charge in [-0.05, 0) is 62.8 Å². The Morgan fingerprint density at radius 2 is 1.97 bits per heavy atom. The second kappa shape index (κ2) is 11.8. The third-order valence-corrected chi connectivity index (χ3v) is 9.22. The first-order chi connectivity index (χ1) is 18.3. The number of fused-ring (bicyclic) bond motifs is 1. The molecule has 4 rings (SSSR count). The van der Waals surface area contributed by atoms with Crippen molar-refractivity contribution in [1.82, 2.24) is 18.8 Å². The van der Waals surface area contributed by atoms with Gasteiger partial charge in [-0.1, -0.05) is 19.9 Å². The quantitative estimate of drug-likeness (QED) is 0.386. The van der Waals surface area contributed by atoms with E-state index in [4.69, 9.17) is 14.5 Å². The average Bonchev–Trinajstić information content (AvgIpc) is 3.18. The number of piperidine rings is 1. The van der Waals surface area contributed by atoms with Crippen LogP contribution in [0.2, 0.25) is 0 Å². The van der Waals surface area contributed by atoms with Crippen LogP contribution in [0.15, 0.2) is 34.5 Å². The maximum absolute atomic E-state index is 13.6. The van der Waals surface area contributed by atoms with Gasteiger partial charge >= 0.3 is 0 Å². The lowest BCUT2D eigenvalue weighted by Gasteiger charge is -2.31. The van der Waals surface area contributed by atoms with Crippen LogP contribution in [-0.2, 0) is 28.2 Å². The SMILES string of the molecule is C=Cc1c(CCC)c2nc(-c3cc(S(=O)(=O)N4CCC(CCOC)CC4)ccc3OCC)[nH]c(=O)c2n1C. The minimum atomic E-state index is -3.73. The number of methoxy groups -OCH3 is 1. The topological polar surface area (TPSA) is 107 Å². The Kier molecular flexibility index (Phi) is 8.74. The summed E-state index contributed by atoms with van der Waals surface area (Å²) in [5, 5.41) is 0. The van der Waals surface area contributed by atoms with Gasteiger partial charge in [0.1, 0.15) is 22.6 Å². The Morgan fingerprint density at radius 1 is 1.24 bits per heavy atom. The maximum Gasteiger partial charge on any atom is 0.275 e. The van der Waals surface area contributed by atoms with E-state index in [2.05, 4.69) is 18.5 Å². The molecular weight excluding hydrogens is 504 g/mol. The maximum atomic E-state index is 13.6.